The molecule has 25 heavy (non-hydrogen) atoms. The first-order chi connectivity index (χ1) is 11.6. The molecule has 2 unspecified atom stereocenters. The predicted octanol–water partition coefficient (Wildman–Crippen LogP) is 3.24. The summed E-state index contributed by atoms with van der Waals surface area (Å²) in [6.45, 7) is 12.4. The van der Waals surface area contributed by atoms with Crippen molar-refractivity contribution in [1.82, 2.24) is 20.1 Å². The van der Waals surface area contributed by atoms with Gasteiger partial charge in [-0.05, 0) is 45.1 Å². The molecule has 138 valence electrons. The van der Waals surface area contributed by atoms with Gasteiger partial charge in [-0.1, -0.05) is 20.8 Å². The van der Waals surface area contributed by atoms with E-state index in [-0.39, 0.29) is 17.4 Å². The second-order valence-electron chi connectivity index (χ2n) is 7.79. The Morgan fingerprint density at radius 1 is 1.40 bits per heavy atom. The van der Waals surface area contributed by atoms with Crippen molar-refractivity contribution in [3.8, 4) is 0 Å². The number of aliphatic hydroxyl groups excluding tert-OH is 1. The summed E-state index contributed by atoms with van der Waals surface area (Å²) in [7, 11) is 0. The summed E-state index contributed by atoms with van der Waals surface area (Å²) in [5.41, 5.74) is 1.98. The highest BCUT2D eigenvalue weighted by molar-refractivity contribution is 6.05. The zero-order valence-corrected chi connectivity index (χ0v) is 16.1. The molecule has 2 heterocycles. The Hall–Kier alpha value is -1.95. The van der Waals surface area contributed by atoms with Crippen LogP contribution < -0.4 is 5.32 Å². The number of carbonyl (C=O) groups excluding carboxylic acids is 1. The van der Waals surface area contributed by atoms with Gasteiger partial charge >= 0.3 is 0 Å². The van der Waals surface area contributed by atoms with Crippen LogP contribution in [0.5, 0.6) is 0 Å². The number of fused-ring (bicyclic) bond motifs is 1. The number of nitrogens with zero attached hydrogens (tertiary/aromatic N) is 3. The van der Waals surface area contributed by atoms with E-state index in [1.54, 1.807) is 13.1 Å². The summed E-state index contributed by atoms with van der Waals surface area (Å²) in [6, 6.07) is 2.04. The maximum atomic E-state index is 12.8. The topological polar surface area (TPSA) is 80.0 Å². The molecule has 2 rings (SSSR count). The summed E-state index contributed by atoms with van der Waals surface area (Å²) in [4.78, 5) is 17.3. The van der Waals surface area contributed by atoms with Crippen molar-refractivity contribution in [2.75, 3.05) is 6.54 Å². The van der Waals surface area contributed by atoms with Crippen LogP contribution in [0.1, 0.15) is 69.6 Å². The molecule has 0 saturated heterocycles. The number of carbonyl (C=O) groups is 1. The van der Waals surface area contributed by atoms with Gasteiger partial charge in [0.15, 0.2) is 5.65 Å². The van der Waals surface area contributed by atoms with E-state index in [1.807, 2.05) is 31.5 Å². The fourth-order valence-corrected chi connectivity index (χ4v) is 3.11. The van der Waals surface area contributed by atoms with Gasteiger partial charge in [-0.2, -0.15) is 5.10 Å². The van der Waals surface area contributed by atoms with Gasteiger partial charge in [0.05, 0.1) is 29.3 Å². The lowest BCUT2D eigenvalue weighted by Gasteiger charge is -2.26. The van der Waals surface area contributed by atoms with Crippen molar-refractivity contribution in [1.29, 1.82) is 0 Å². The first kappa shape index (κ1) is 19.4. The molecule has 0 radical (unpaired) electrons. The molecule has 0 bridgehead atoms. The van der Waals surface area contributed by atoms with E-state index in [0.717, 1.165) is 23.1 Å². The second kappa shape index (κ2) is 7.52. The summed E-state index contributed by atoms with van der Waals surface area (Å²) < 4.78 is 1.89. The van der Waals surface area contributed by atoms with Crippen molar-refractivity contribution < 1.29 is 9.90 Å². The zero-order chi connectivity index (χ0) is 18.8. The average Bonchev–Trinajstić information content (AvgIpc) is 2.93. The molecular formula is C19H30N4O2. The third-order valence-corrected chi connectivity index (χ3v) is 4.52. The Bertz CT molecular complexity index is 749. The molecule has 2 N–H and O–H groups in total. The molecule has 0 aliphatic heterocycles. The highest BCUT2D eigenvalue weighted by Gasteiger charge is 2.23. The minimum Gasteiger partial charge on any atom is -0.393 e. The lowest BCUT2D eigenvalue weighted by molar-refractivity contribution is 0.0903. The molecule has 6 heteroatoms. The SMILES string of the molecule is CCC(C)n1ncc2c(C(=O)NCC(C)(C)CC(C)O)cc(C)nc21. The van der Waals surface area contributed by atoms with Gasteiger partial charge in [-0.3, -0.25) is 4.79 Å². The van der Waals surface area contributed by atoms with Crippen LogP contribution in [0.3, 0.4) is 0 Å². The zero-order valence-electron chi connectivity index (χ0n) is 16.1. The molecule has 1 amide bonds. The number of pyridine rings is 1. The molecule has 0 aliphatic carbocycles. The number of hydrogen-bond donors (Lipinski definition) is 2. The molecular weight excluding hydrogens is 316 g/mol. The van der Waals surface area contributed by atoms with Crippen LogP contribution in [0.4, 0.5) is 0 Å². The fourth-order valence-electron chi connectivity index (χ4n) is 3.11. The van der Waals surface area contributed by atoms with Gasteiger partial charge in [0.25, 0.3) is 5.91 Å². The summed E-state index contributed by atoms with van der Waals surface area (Å²) >= 11 is 0. The Kier molecular flexibility index (Phi) is 5.83. The van der Waals surface area contributed by atoms with Crippen molar-refractivity contribution in [3.63, 3.8) is 0 Å². The highest BCUT2D eigenvalue weighted by atomic mass is 16.3. The van der Waals surface area contributed by atoms with Crippen LogP contribution >= 0.6 is 0 Å². The van der Waals surface area contributed by atoms with E-state index in [4.69, 9.17) is 0 Å². The third-order valence-electron chi connectivity index (χ3n) is 4.52. The van der Waals surface area contributed by atoms with E-state index in [2.05, 4.69) is 29.2 Å². The van der Waals surface area contributed by atoms with E-state index in [9.17, 15) is 9.90 Å². The van der Waals surface area contributed by atoms with Crippen LogP contribution in [0, 0.1) is 12.3 Å². The van der Waals surface area contributed by atoms with Gasteiger partial charge in [-0.15, -0.1) is 0 Å². The summed E-state index contributed by atoms with van der Waals surface area (Å²) in [5.74, 6) is -0.127. The first-order valence-corrected chi connectivity index (χ1v) is 8.95. The fraction of sp³-hybridized carbons (Fsp3) is 0.632. The molecule has 2 atom stereocenters. The van der Waals surface area contributed by atoms with Crippen molar-refractivity contribution in [2.45, 2.75) is 66.5 Å². The Morgan fingerprint density at radius 2 is 2.08 bits per heavy atom. The number of amides is 1. The maximum Gasteiger partial charge on any atom is 0.252 e. The monoisotopic (exact) mass is 346 g/mol. The van der Waals surface area contributed by atoms with Gasteiger partial charge < -0.3 is 10.4 Å². The van der Waals surface area contributed by atoms with Gasteiger partial charge in [-0.25, -0.2) is 9.67 Å². The lowest BCUT2D eigenvalue weighted by atomic mass is 9.87. The summed E-state index contributed by atoms with van der Waals surface area (Å²) in [5, 5.41) is 17.8. The molecule has 0 spiro atoms. The molecule has 6 nitrogen and oxygen atoms in total. The van der Waals surface area contributed by atoms with Crippen molar-refractivity contribution in [3.05, 3.63) is 23.5 Å². The van der Waals surface area contributed by atoms with E-state index >= 15 is 0 Å². The maximum absolute atomic E-state index is 12.8. The van der Waals surface area contributed by atoms with E-state index < -0.39 is 6.10 Å². The molecule has 0 saturated carbocycles. The van der Waals surface area contributed by atoms with E-state index in [0.29, 0.717) is 18.5 Å². The highest BCUT2D eigenvalue weighted by Crippen LogP contribution is 2.24. The van der Waals surface area contributed by atoms with Crippen molar-refractivity contribution >= 4 is 16.9 Å². The number of aromatic nitrogens is 3. The van der Waals surface area contributed by atoms with Crippen LogP contribution in [-0.2, 0) is 0 Å². The van der Waals surface area contributed by atoms with Crippen LogP contribution in [0.2, 0.25) is 0 Å². The third kappa shape index (κ3) is 4.57. The first-order valence-electron chi connectivity index (χ1n) is 8.95. The minimum absolute atomic E-state index is 0.127. The van der Waals surface area contributed by atoms with Crippen LogP contribution in [0.25, 0.3) is 11.0 Å². The standard InChI is InChI=1S/C19H30N4O2/c1-7-13(3)23-17-16(10-21-23)15(8-12(2)22-17)18(25)20-11-19(5,6)9-14(4)24/h8,10,13-14,24H,7,9,11H2,1-6H3,(H,20,25). The van der Waals surface area contributed by atoms with Gasteiger partial charge in [0, 0.05) is 12.2 Å². The average molecular weight is 346 g/mol. The Morgan fingerprint density at radius 3 is 2.68 bits per heavy atom. The normalized spacial score (nSPS) is 14.5. The molecule has 2 aromatic rings. The minimum atomic E-state index is -0.393. The second-order valence-corrected chi connectivity index (χ2v) is 7.79. The molecule has 0 aliphatic rings. The Balaban J connectivity index is 2.28. The van der Waals surface area contributed by atoms with Gasteiger partial charge in [0.2, 0.25) is 0 Å². The van der Waals surface area contributed by atoms with Gasteiger partial charge in [0.1, 0.15) is 0 Å². The number of aliphatic hydroxyl groups is 1. The molecule has 2 aromatic heterocycles. The number of aryl methyl sites for hydroxylation is 1. The van der Waals surface area contributed by atoms with Crippen LogP contribution in [0.15, 0.2) is 12.3 Å². The molecule has 0 aromatic carbocycles. The number of hydrogen-bond acceptors (Lipinski definition) is 4. The predicted molar refractivity (Wildman–Crippen MR) is 99.7 cm³/mol. The smallest absolute Gasteiger partial charge is 0.252 e. The van der Waals surface area contributed by atoms with E-state index in [1.165, 1.54) is 0 Å². The van der Waals surface area contributed by atoms with Crippen molar-refractivity contribution in [2.24, 2.45) is 5.41 Å². The van der Waals surface area contributed by atoms with Crippen LogP contribution in [-0.4, -0.2) is 38.4 Å². The Labute approximate surface area is 149 Å². The molecule has 0 fully saturated rings. The quantitative estimate of drug-likeness (QED) is 0.806. The number of rotatable bonds is 7. The lowest BCUT2D eigenvalue weighted by Crippen LogP contribution is -2.35. The number of nitrogens with one attached hydrogen (secondary N) is 1. The summed E-state index contributed by atoms with van der Waals surface area (Å²) in [6.07, 6.45) is 2.91. The largest absolute Gasteiger partial charge is 0.393 e.